The Hall–Kier alpha value is -1.35. The van der Waals surface area contributed by atoms with Crippen molar-refractivity contribution in [1.29, 1.82) is 0 Å². The molecule has 0 aliphatic rings. The minimum atomic E-state index is 0.104. The Morgan fingerprint density at radius 3 is 2.39 bits per heavy atom. The second kappa shape index (κ2) is 8.70. The van der Waals surface area contributed by atoms with Gasteiger partial charge in [-0.05, 0) is 17.5 Å². The lowest BCUT2D eigenvalue weighted by atomic mass is 10.1. The number of carbonyl (C=O) groups excluding carboxylic acids is 1. The third-order valence-electron chi connectivity index (χ3n) is 2.98. The van der Waals surface area contributed by atoms with E-state index < -0.39 is 0 Å². The van der Waals surface area contributed by atoms with Gasteiger partial charge in [0, 0.05) is 13.1 Å². The van der Waals surface area contributed by atoms with Crippen molar-refractivity contribution in [2.45, 2.75) is 45.6 Å². The SMILES string of the molecule is CCCCCCNC(=O)Cc1ccc(CN)cc1. The molecule has 0 radical (unpaired) electrons. The molecular formula is C15H24N2O. The number of nitrogens with one attached hydrogen (secondary N) is 1. The number of amides is 1. The summed E-state index contributed by atoms with van der Waals surface area (Å²) >= 11 is 0. The summed E-state index contributed by atoms with van der Waals surface area (Å²) in [6.07, 6.45) is 5.20. The molecule has 0 spiro atoms. The van der Waals surface area contributed by atoms with Crippen LogP contribution < -0.4 is 11.1 Å². The highest BCUT2D eigenvalue weighted by Gasteiger charge is 2.02. The fraction of sp³-hybridized carbons (Fsp3) is 0.533. The molecule has 0 fully saturated rings. The Morgan fingerprint density at radius 2 is 1.78 bits per heavy atom. The average molecular weight is 248 g/mol. The molecule has 100 valence electrons. The first-order valence-corrected chi connectivity index (χ1v) is 6.81. The summed E-state index contributed by atoms with van der Waals surface area (Å²) in [4.78, 5) is 11.7. The van der Waals surface area contributed by atoms with Crippen LogP contribution in [0.3, 0.4) is 0 Å². The maximum absolute atomic E-state index is 11.7. The molecule has 1 amide bonds. The molecule has 0 heterocycles. The van der Waals surface area contributed by atoms with Gasteiger partial charge in [-0.25, -0.2) is 0 Å². The van der Waals surface area contributed by atoms with Crippen molar-refractivity contribution in [2.24, 2.45) is 5.73 Å². The zero-order valence-electron chi connectivity index (χ0n) is 11.2. The molecule has 0 aliphatic carbocycles. The molecule has 0 saturated heterocycles. The van der Waals surface area contributed by atoms with Crippen LogP contribution in [0.15, 0.2) is 24.3 Å². The van der Waals surface area contributed by atoms with Gasteiger partial charge in [0.15, 0.2) is 0 Å². The van der Waals surface area contributed by atoms with E-state index >= 15 is 0 Å². The van der Waals surface area contributed by atoms with Crippen LogP contribution in [0.1, 0.15) is 43.7 Å². The van der Waals surface area contributed by atoms with Crippen LogP contribution in [-0.4, -0.2) is 12.5 Å². The second-order valence-corrected chi connectivity index (χ2v) is 4.61. The molecule has 3 heteroatoms. The lowest BCUT2D eigenvalue weighted by molar-refractivity contribution is -0.120. The van der Waals surface area contributed by atoms with E-state index in [4.69, 9.17) is 5.73 Å². The van der Waals surface area contributed by atoms with Crippen LogP contribution in [0.5, 0.6) is 0 Å². The van der Waals surface area contributed by atoms with Crippen molar-refractivity contribution >= 4 is 5.91 Å². The van der Waals surface area contributed by atoms with Gasteiger partial charge in [-0.15, -0.1) is 0 Å². The van der Waals surface area contributed by atoms with Gasteiger partial charge in [0.1, 0.15) is 0 Å². The molecule has 0 unspecified atom stereocenters. The van der Waals surface area contributed by atoms with E-state index in [0.29, 0.717) is 13.0 Å². The van der Waals surface area contributed by atoms with E-state index in [1.165, 1.54) is 19.3 Å². The van der Waals surface area contributed by atoms with Gasteiger partial charge in [-0.2, -0.15) is 0 Å². The molecule has 0 atom stereocenters. The molecule has 1 rings (SSSR count). The molecule has 18 heavy (non-hydrogen) atoms. The standard InChI is InChI=1S/C15H24N2O/c1-2-3-4-5-10-17-15(18)11-13-6-8-14(12-16)9-7-13/h6-9H,2-5,10-12,16H2,1H3,(H,17,18). The van der Waals surface area contributed by atoms with Crippen LogP contribution in [0.4, 0.5) is 0 Å². The summed E-state index contributed by atoms with van der Waals surface area (Å²) in [5.74, 6) is 0.104. The second-order valence-electron chi connectivity index (χ2n) is 4.61. The van der Waals surface area contributed by atoms with Gasteiger partial charge in [-0.3, -0.25) is 4.79 Å². The predicted molar refractivity (Wildman–Crippen MR) is 75.2 cm³/mol. The third kappa shape index (κ3) is 5.82. The Kier molecular flexibility index (Phi) is 7.11. The van der Waals surface area contributed by atoms with Crippen LogP contribution in [0.25, 0.3) is 0 Å². The molecule has 0 aliphatic heterocycles. The lowest BCUT2D eigenvalue weighted by Gasteiger charge is -2.05. The molecule has 1 aromatic carbocycles. The monoisotopic (exact) mass is 248 g/mol. The Balaban J connectivity index is 2.22. The van der Waals surface area contributed by atoms with E-state index in [0.717, 1.165) is 24.1 Å². The molecule has 1 aromatic rings. The number of hydrogen-bond acceptors (Lipinski definition) is 2. The van der Waals surface area contributed by atoms with Crippen molar-refractivity contribution < 1.29 is 4.79 Å². The predicted octanol–water partition coefficient (Wildman–Crippen LogP) is 2.38. The topological polar surface area (TPSA) is 55.1 Å². The molecule has 0 aromatic heterocycles. The number of rotatable bonds is 8. The van der Waals surface area contributed by atoms with E-state index in [1.54, 1.807) is 0 Å². The average Bonchev–Trinajstić information content (AvgIpc) is 2.39. The number of nitrogens with two attached hydrogens (primary N) is 1. The normalized spacial score (nSPS) is 10.3. The summed E-state index contributed by atoms with van der Waals surface area (Å²) in [6, 6.07) is 7.89. The van der Waals surface area contributed by atoms with Gasteiger partial charge in [0.2, 0.25) is 5.91 Å². The maximum atomic E-state index is 11.7. The Bertz CT molecular complexity index is 346. The number of hydrogen-bond donors (Lipinski definition) is 2. The summed E-state index contributed by atoms with van der Waals surface area (Å²) in [5, 5.41) is 2.96. The van der Waals surface area contributed by atoms with E-state index in [-0.39, 0.29) is 5.91 Å². The third-order valence-corrected chi connectivity index (χ3v) is 2.98. The minimum Gasteiger partial charge on any atom is -0.356 e. The van der Waals surface area contributed by atoms with Crippen molar-refractivity contribution in [3.63, 3.8) is 0 Å². The largest absolute Gasteiger partial charge is 0.356 e. The first kappa shape index (κ1) is 14.7. The van der Waals surface area contributed by atoms with Crippen LogP contribution >= 0.6 is 0 Å². The Morgan fingerprint density at radius 1 is 1.11 bits per heavy atom. The number of carbonyl (C=O) groups is 1. The van der Waals surface area contributed by atoms with Gasteiger partial charge in [0.05, 0.1) is 6.42 Å². The Labute approximate surface area is 110 Å². The van der Waals surface area contributed by atoms with Gasteiger partial charge in [-0.1, -0.05) is 50.5 Å². The van der Waals surface area contributed by atoms with Crippen molar-refractivity contribution in [3.05, 3.63) is 35.4 Å². The summed E-state index contributed by atoms with van der Waals surface area (Å²) in [7, 11) is 0. The zero-order valence-corrected chi connectivity index (χ0v) is 11.2. The van der Waals surface area contributed by atoms with Crippen LogP contribution in [0.2, 0.25) is 0 Å². The van der Waals surface area contributed by atoms with Crippen LogP contribution in [-0.2, 0) is 17.8 Å². The molecule has 0 saturated carbocycles. The van der Waals surface area contributed by atoms with Crippen molar-refractivity contribution in [1.82, 2.24) is 5.32 Å². The number of benzene rings is 1. The van der Waals surface area contributed by atoms with E-state index in [1.807, 2.05) is 24.3 Å². The van der Waals surface area contributed by atoms with Gasteiger partial charge < -0.3 is 11.1 Å². The lowest BCUT2D eigenvalue weighted by Crippen LogP contribution is -2.26. The van der Waals surface area contributed by atoms with Crippen molar-refractivity contribution in [2.75, 3.05) is 6.54 Å². The smallest absolute Gasteiger partial charge is 0.224 e. The molecule has 0 bridgehead atoms. The maximum Gasteiger partial charge on any atom is 0.224 e. The highest BCUT2D eigenvalue weighted by molar-refractivity contribution is 5.78. The van der Waals surface area contributed by atoms with E-state index in [2.05, 4.69) is 12.2 Å². The highest BCUT2D eigenvalue weighted by atomic mass is 16.1. The minimum absolute atomic E-state index is 0.104. The summed E-state index contributed by atoms with van der Waals surface area (Å²) < 4.78 is 0. The van der Waals surface area contributed by atoms with Crippen molar-refractivity contribution in [3.8, 4) is 0 Å². The van der Waals surface area contributed by atoms with Gasteiger partial charge >= 0.3 is 0 Å². The fourth-order valence-electron chi connectivity index (χ4n) is 1.82. The quantitative estimate of drug-likeness (QED) is 0.694. The van der Waals surface area contributed by atoms with E-state index in [9.17, 15) is 4.79 Å². The first-order chi connectivity index (χ1) is 8.76. The van der Waals surface area contributed by atoms with Crippen LogP contribution in [0, 0.1) is 0 Å². The fourth-order valence-corrected chi connectivity index (χ4v) is 1.82. The number of unbranched alkanes of at least 4 members (excludes halogenated alkanes) is 3. The first-order valence-electron chi connectivity index (χ1n) is 6.81. The molecular weight excluding hydrogens is 224 g/mol. The molecule has 3 N–H and O–H groups in total. The highest BCUT2D eigenvalue weighted by Crippen LogP contribution is 2.04. The van der Waals surface area contributed by atoms with Gasteiger partial charge in [0.25, 0.3) is 0 Å². The summed E-state index contributed by atoms with van der Waals surface area (Å²) in [5.41, 5.74) is 7.66. The summed E-state index contributed by atoms with van der Waals surface area (Å²) in [6.45, 7) is 3.52. The zero-order chi connectivity index (χ0) is 13.2. The molecule has 3 nitrogen and oxygen atoms in total.